The molecule has 0 fully saturated rings. The lowest BCUT2D eigenvalue weighted by atomic mass is 10.2. The maximum absolute atomic E-state index is 11.6. The van der Waals surface area contributed by atoms with Crippen LogP contribution in [-0.2, 0) is 14.6 Å². The van der Waals surface area contributed by atoms with Crippen LogP contribution in [-0.4, -0.2) is 25.8 Å². The van der Waals surface area contributed by atoms with Crippen LogP contribution in [0.4, 0.5) is 5.69 Å². The zero-order chi connectivity index (χ0) is 14.5. The molecule has 0 aliphatic carbocycles. The summed E-state index contributed by atoms with van der Waals surface area (Å²) in [6.07, 6.45) is -0.119. The van der Waals surface area contributed by atoms with Gasteiger partial charge in [0, 0.05) is 17.1 Å². The van der Waals surface area contributed by atoms with Gasteiger partial charge >= 0.3 is 0 Å². The van der Waals surface area contributed by atoms with E-state index in [-0.39, 0.29) is 12.2 Å². The monoisotopic (exact) mass is 300 g/mol. The second kappa shape index (κ2) is 6.55. The molecule has 0 spiro atoms. The van der Waals surface area contributed by atoms with Crippen molar-refractivity contribution in [2.75, 3.05) is 16.8 Å². The van der Waals surface area contributed by atoms with Crippen molar-refractivity contribution in [1.82, 2.24) is 0 Å². The molecule has 0 atom stereocenters. The number of amides is 1. The van der Waals surface area contributed by atoms with E-state index in [0.717, 1.165) is 5.56 Å². The van der Waals surface area contributed by atoms with Gasteiger partial charge in [-0.05, 0) is 24.6 Å². The van der Waals surface area contributed by atoms with E-state index in [1.54, 1.807) is 31.2 Å². The number of carbonyl (C=O) groups is 1. The van der Waals surface area contributed by atoms with Crippen LogP contribution >= 0.6 is 11.6 Å². The molecule has 1 aromatic carbocycles. The van der Waals surface area contributed by atoms with Gasteiger partial charge in [0.25, 0.3) is 0 Å². The van der Waals surface area contributed by atoms with E-state index in [2.05, 4.69) is 5.32 Å². The summed E-state index contributed by atoms with van der Waals surface area (Å²) in [5.74, 6) is -1.59. The molecular formula is C12H13ClN2O3S. The standard InChI is InChI=1S/C12H13ClN2O3S/c1-9-3-4-10(13)7-11(9)15-12(16)8-19(17,18)6-2-5-14/h3-4,7H,2,6,8H2,1H3,(H,15,16). The van der Waals surface area contributed by atoms with Crippen molar-refractivity contribution in [2.45, 2.75) is 13.3 Å². The molecule has 0 aromatic heterocycles. The van der Waals surface area contributed by atoms with Crippen LogP contribution in [0.15, 0.2) is 18.2 Å². The Bertz CT molecular complexity index is 620. The van der Waals surface area contributed by atoms with Crippen LogP contribution in [0.1, 0.15) is 12.0 Å². The number of halogens is 1. The highest BCUT2D eigenvalue weighted by atomic mass is 35.5. The summed E-state index contributed by atoms with van der Waals surface area (Å²) >= 11 is 5.80. The minimum Gasteiger partial charge on any atom is -0.325 e. The Morgan fingerprint density at radius 1 is 1.47 bits per heavy atom. The summed E-state index contributed by atoms with van der Waals surface area (Å²) in [6, 6.07) is 6.69. The largest absolute Gasteiger partial charge is 0.325 e. The van der Waals surface area contributed by atoms with Crippen LogP contribution in [0.3, 0.4) is 0 Å². The predicted octanol–water partition coefficient (Wildman–Crippen LogP) is 1.92. The second-order valence-electron chi connectivity index (χ2n) is 4.01. The van der Waals surface area contributed by atoms with Crippen LogP contribution in [0, 0.1) is 18.3 Å². The van der Waals surface area contributed by atoms with Gasteiger partial charge in [0.15, 0.2) is 9.84 Å². The number of hydrogen-bond acceptors (Lipinski definition) is 4. The average molecular weight is 301 g/mol. The molecule has 0 saturated heterocycles. The Hall–Kier alpha value is -1.58. The van der Waals surface area contributed by atoms with Crippen molar-refractivity contribution in [1.29, 1.82) is 5.26 Å². The molecule has 0 aliphatic rings. The Kier molecular flexibility index (Phi) is 5.33. The van der Waals surface area contributed by atoms with Crippen LogP contribution in [0.25, 0.3) is 0 Å². The van der Waals surface area contributed by atoms with Crippen molar-refractivity contribution >= 4 is 33.0 Å². The van der Waals surface area contributed by atoms with Gasteiger partial charge in [0.05, 0.1) is 11.8 Å². The first-order valence-electron chi connectivity index (χ1n) is 5.47. The SMILES string of the molecule is Cc1ccc(Cl)cc1NC(=O)CS(=O)(=O)CCC#N. The van der Waals surface area contributed by atoms with E-state index in [9.17, 15) is 13.2 Å². The first kappa shape index (κ1) is 15.5. The number of nitrogens with one attached hydrogen (secondary N) is 1. The number of sulfone groups is 1. The molecule has 1 amide bonds. The molecule has 7 heteroatoms. The second-order valence-corrected chi connectivity index (χ2v) is 6.63. The first-order valence-corrected chi connectivity index (χ1v) is 7.67. The van der Waals surface area contributed by atoms with Crippen LogP contribution in [0.5, 0.6) is 0 Å². The lowest BCUT2D eigenvalue weighted by molar-refractivity contribution is -0.113. The Balaban J connectivity index is 2.71. The van der Waals surface area contributed by atoms with Crippen molar-refractivity contribution in [3.63, 3.8) is 0 Å². The van der Waals surface area contributed by atoms with E-state index >= 15 is 0 Å². The molecule has 102 valence electrons. The van der Waals surface area contributed by atoms with Gasteiger partial charge in [-0.2, -0.15) is 5.26 Å². The fourth-order valence-corrected chi connectivity index (χ4v) is 2.58. The molecule has 1 aromatic rings. The van der Waals surface area contributed by atoms with Gasteiger partial charge in [0.2, 0.25) is 5.91 Å². The number of benzene rings is 1. The van der Waals surface area contributed by atoms with E-state index < -0.39 is 21.5 Å². The normalized spacial score (nSPS) is 10.8. The number of hydrogen-bond donors (Lipinski definition) is 1. The molecule has 5 nitrogen and oxygen atoms in total. The Labute approximate surface area is 117 Å². The Morgan fingerprint density at radius 2 is 2.16 bits per heavy atom. The van der Waals surface area contributed by atoms with Crippen LogP contribution in [0.2, 0.25) is 5.02 Å². The number of aryl methyl sites for hydroxylation is 1. The zero-order valence-electron chi connectivity index (χ0n) is 10.3. The number of nitrogens with zero attached hydrogens (tertiary/aromatic N) is 1. The molecule has 0 unspecified atom stereocenters. The third kappa shape index (κ3) is 5.28. The van der Waals surface area contributed by atoms with Crippen molar-refractivity contribution in [2.24, 2.45) is 0 Å². The number of nitriles is 1. The van der Waals surface area contributed by atoms with E-state index in [0.29, 0.717) is 10.7 Å². The van der Waals surface area contributed by atoms with Gasteiger partial charge in [-0.3, -0.25) is 4.79 Å². The summed E-state index contributed by atoms with van der Waals surface area (Å²) in [5.41, 5.74) is 1.26. The van der Waals surface area contributed by atoms with E-state index in [1.807, 2.05) is 0 Å². The maximum Gasteiger partial charge on any atom is 0.239 e. The fraction of sp³-hybridized carbons (Fsp3) is 0.333. The summed E-state index contributed by atoms with van der Waals surface area (Å²) in [6.45, 7) is 1.77. The smallest absolute Gasteiger partial charge is 0.239 e. The van der Waals surface area contributed by atoms with E-state index in [4.69, 9.17) is 16.9 Å². The van der Waals surface area contributed by atoms with Gasteiger partial charge in [0.1, 0.15) is 5.75 Å². The van der Waals surface area contributed by atoms with Crippen molar-refractivity contribution < 1.29 is 13.2 Å². The predicted molar refractivity (Wildman–Crippen MR) is 73.7 cm³/mol. The number of carbonyl (C=O) groups excluding carboxylic acids is 1. The summed E-state index contributed by atoms with van der Waals surface area (Å²) in [4.78, 5) is 11.6. The zero-order valence-corrected chi connectivity index (χ0v) is 11.9. The van der Waals surface area contributed by atoms with Crippen molar-refractivity contribution in [3.8, 4) is 6.07 Å². The number of anilines is 1. The topological polar surface area (TPSA) is 87.0 Å². The summed E-state index contributed by atoms with van der Waals surface area (Å²) in [5, 5.41) is 11.3. The highest BCUT2D eigenvalue weighted by molar-refractivity contribution is 7.92. The first-order chi connectivity index (χ1) is 8.84. The number of rotatable bonds is 5. The van der Waals surface area contributed by atoms with E-state index in [1.165, 1.54) is 0 Å². The molecule has 1 rings (SSSR count). The summed E-state index contributed by atoms with van der Waals surface area (Å²) < 4.78 is 23.0. The minimum atomic E-state index is -3.55. The van der Waals surface area contributed by atoms with Crippen molar-refractivity contribution in [3.05, 3.63) is 28.8 Å². The third-order valence-corrected chi connectivity index (χ3v) is 4.11. The maximum atomic E-state index is 11.6. The van der Waals surface area contributed by atoms with Gasteiger partial charge in [-0.1, -0.05) is 17.7 Å². The average Bonchev–Trinajstić information content (AvgIpc) is 2.30. The highest BCUT2D eigenvalue weighted by Gasteiger charge is 2.17. The molecule has 0 saturated carbocycles. The van der Waals surface area contributed by atoms with Crippen LogP contribution < -0.4 is 5.32 Å². The third-order valence-electron chi connectivity index (χ3n) is 2.35. The summed E-state index contributed by atoms with van der Waals surface area (Å²) in [7, 11) is -3.55. The molecule has 0 heterocycles. The lowest BCUT2D eigenvalue weighted by Crippen LogP contribution is -2.24. The molecule has 1 N–H and O–H groups in total. The molecule has 0 radical (unpaired) electrons. The van der Waals surface area contributed by atoms with Gasteiger partial charge < -0.3 is 5.32 Å². The Morgan fingerprint density at radius 3 is 2.79 bits per heavy atom. The fourth-order valence-electron chi connectivity index (χ4n) is 1.39. The molecule has 0 bridgehead atoms. The van der Waals surface area contributed by atoms with Gasteiger partial charge in [-0.15, -0.1) is 0 Å². The lowest BCUT2D eigenvalue weighted by Gasteiger charge is -2.08. The quantitative estimate of drug-likeness (QED) is 0.900. The minimum absolute atomic E-state index is 0.119. The molecular weight excluding hydrogens is 288 g/mol. The highest BCUT2D eigenvalue weighted by Crippen LogP contribution is 2.20. The van der Waals surface area contributed by atoms with Gasteiger partial charge in [-0.25, -0.2) is 8.42 Å². The molecule has 19 heavy (non-hydrogen) atoms. The molecule has 0 aliphatic heterocycles.